The highest BCUT2D eigenvalue weighted by atomic mass is 127. The Kier molecular flexibility index (Phi) is 12.6. The second-order valence-electron chi connectivity index (χ2n) is 7.53. The molecule has 7 nitrogen and oxygen atoms in total. The number of amides is 1. The Hall–Kier alpha value is -1.71. The van der Waals surface area contributed by atoms with Crippen LogP contribution in [0.15, 0.2) is 23.2 Å². The number of carbonyl (C=O) groups excluding carboxylic acids is 1. The van der Waals surface area contributed by atoms with E-state index in [0.717, 1.165) is 49.7 Å². The van der Waals surface area contributed by atoms with Gasteiger partial charge in [-0.15, -0.1) is 24.0 Å². The molecule has 1 aromatic rings. The lowest BCUT2D eigenvalue weighted by Crippen LogP contribution is -2.43. The standard InChI is InChI=1S/C22H36N4O3.HI/c1-5-29-20-15-17(12-13-19(20)28-4)9-8-14-23-22(24-16-21(27)26(2)3)25-18-10-6-7-11-18;/h12-13,15,18H,5-11,14,16H2,1-4H3,(H2,23,24,25);1H. The molecule has 0 radical (unpaired) electrons. The van der Waals surface area contributed by atoms with Gasteiger partial charge in [0.05, 0.1) is 13.7 Å². The number of benzene rings is 1. The molecule has 30 heavy (non-hydrogen) atoms. The quantitative estimate of drug-likeness (QED) is 0.210. The van der Waals surface area contributed by atoms with Crippen molar-refractivity contribution in [1.82, 2.24) is 15.5 Å². The summed E-state index contributed by atoms with van der Waals surface area (Å²) in [4.78, 5) is 17.9. The molecule has 2 rings (SSSR count). The third-order valence-electron chi connectivity index (χ3n) is 5.03. The third-order valence-corrected chi connectivity index (χ3v) is 5.03. The minimum absolute atomic E-state index is 0. The number of hydrogen-bond acceptors (Lipinski definition) is 4. The van der Waals surface area contributed by atoms with Gasteiger partial charge in [-0.1, -0.05) is 18.9 Å². The van der Waals surface area contributed by atoms with Gasteiger partial charge in [0.25, 0.3) is 0 Å². The number of likely N-dealkylation sites (N-methyl/N-ethyl adjacent to an activating group) is 1. The Labute approximate surface area is 198 Å². The van der Waals surface area contributed by atoms with Gasteiger partial charge in [-0.05, 0) is 50.3 Å². The predicted octanol–water partition coefficient (Wildman–Crippen LogP) is 3.21. The van der Waals surface area contributed by atoms with E-state index in [2.05, 4.69) is 21.7 Å². The summed E-state index contributed by atoms with van der Waals surface area (Å²) in [6.45, 7) is 3.52. The van der Waals surface area contributed by atoms with Crippen LogP contribution >= 0.6 is 24.0 Å². The number of nitrogens with zero attached hydrogens (tertiary/aromatic N) is 2. The van der Waals surface area contributed by atoms with Gasteiger partial charge in [-0.2, -0.15) is 0 Å². The number of aliphatic imine (C=N–C) groups is 1. The zero-order valence-electron chi connectivity index (χ0n) is 18.7. The Bertz CT molecular complexity index is 676. The summed E-state index contributed by atoms with van der Waals surface area (Å²) in [6.07, 6.45) is 6.69. The van der Waals surface area contributed by atoms with E-state index in [9.17, 15) is 4.79 Å². The van der Waals surface area contributed by atoms with Gasteiger partial charge in [-0.25, -0.2) is 4.99 Å². The van der Waals surface area contributed by atoms with Gasteiger partial charge in [0.2, 0.25) is 5.91 Å². The summed E-state index contributed by atoms with van der Waals surface area (Å²) in [7, 11) is 5.15. The summed E-state index contributed by atoms with van der Waals surface area (Å²) in [5, 5.41) is 6.87. The average molecular weight is 532 g/mol. The lowest BCUT2D eigenvalue weighted by molar-refractivity contribution is -0.127. The van der Waals surface area contributed by atoms with Crippen molar-refractivity contribution in [2.75, 3.05) is 40.9 Å². The number of nitrogens with one attached hydrogen (secondary N) is 2. The number of carbonyl (C=O) groups is 1. The molecule has 0 bridgehead atoms. The third kappa shape index (κ3) is 8.97. The zero-order chi connectivity index (χ0) is 21.1. The molecule has 0 unspecified atom stereocenters. The number of hydrogen-bond donors (Lipinski definition) is 2. The molecule has 0 atom stereocenters. The SMILES string of the molecule is CCOc1cc(CCCNC(=NCC(=O)N(C)C)NC2CCCC2)ccc1OC.I. The average Bonchev–Trinajstić information content (AvgIpc) is 3.22. The topological polar surface area (TPSA) is 75.2 Å². The minimum atomic E-state index is -0.000733. The van der Waals surface area contributed by atoms with E-state index in [0.29, 0.717) is 12.6 Å². The molecule has 1 aromatic carbocycles. The molecule has 8 heteroatoms. The van der Waals surface area contributed by atoms with Gasteiger partial charge >= 0.3 is 0 Å². The Balaban J connectivity index is 0.00000450. The second-order valence-corrected chi connectivity index (χ2v) is 7.53. The maximum atomic E-state index is 11.9. The fourth-order valence-corrected chi connectivity index (χ4v) is 3.35. The smallest absolute Gasteiger partial charge is 0.243 e. The highest BCUT2D eigenvalue weighted by molar-refractivity contribution is 14.0. The molecule has 0 heterocycles. The van der Waals surface area contributed by atoms with E-state index in [1.807, 2.05) is 19.1 Å². The first-order valence-electron chi connectivity index (χ1n) is 10.6. The van der Waals surface area contributed by atoms with Gasteiger partial charge in [-0.3, -0.25) is 4.79 Å². The maximum Gasteiger partial charge on any atom is 0.243 e. The van der Waals surface area contributed by atoms with Crippen molar-refractivity contribution in [2.24, 2.45) is 4.99 Å². The first-order valence-corrected chi connectivity index (χ1v) is 10.6. The normalized spacial score (nSPS) is 14.1. The van der Waals surface area contributed by atoms with Crippen molar-refractivity contribution in [3.05, 3.63) is 23.8 Å². The highest BCUT2D eigenvalue weighted by Crippen LogP contribution is 2.28. The van der Waals surface area contributed by atoms with Crippen LogP contribution in [0.25, 0.3) is 0 Å². The molecule has 1 fully saturated rings. The molecular weight excluding hydrogens is 495 g/mol. The number of rotatable bonds is 10. The molecule has 0 spiro atoms. The second kappa shape index (κ2) is 14.3. The van der Waals surface area contributed by atoms with Gasteiger partial charge in [0.15, 0.2) is 17.5 Å². The van der Waals surface area contributed by atoms with E-state index < -0.39 is 0 Å². The summed E-state index contributed by atoms with van der Waals surface area (Å²) < 4.78 is 11.0. The summed E-state index contributed by atoms with van der Waals surface area (Å²) >= 11 is 0. The van der Waals surface area contributed by atoms with Gasteiger partial charge < -0.3 is 25.0 Å². The molecule has 1 saturated carbocycles. The number of aryl methyl sites for hydroxylation is 1. The summed E-state index contributed by atoms with van der Waals surface area (Å²) in [6, 6.07) is 6.52. The zero-order valence-corrected chi connectivity index (χ0v) is 21.0. The predicted molar refractivity (Wildman–Crippen MR) is 132 cm³/mol. The first kappa shape index (κ1) is 26.3. The lowest BCUT2D eigenvalue weighted by atomic mass is 10.1. The van der Waals surface area contributed by atoms with Crippen molar-refractivity contribution >= 4 is 35.8 Å². The molecule has 1 aliphatic carbocycles. The molecular formula is C22H37IN4O3. The molecule has 0 aromatic heterocycles. The van der Waals surface area contributed by atoms with E-state index in [-0.39, 0.29) is 36.4 Å². The fraction of sp³-hybridized carbons (Fsp3) is 0.636. The number of halogens is 1. The summed E-state index contributed by atoms with van der Waals surface area (Å²) in [5.74, 6) is 2.28. The van der Waals surface area contributed by atoms with Crippen LogP contribution in [0.2, 0.25) is 0 Å². The maximum absolute atomic E-state index is 11.9. The van der Waals surface area contributed by atoms with Crippen LogP contribution in [0.5, 0.6) is 11.5 Å². The Morgan fingerprint density at radius 1 is 1.23 bits per heavy atom. The van der Waals surface area contributed by atoms with E-state index in [1.165, 1.54) is 18.4 Å². The number of ether oxygens (including phenoxy) is 2. The van der Waals surface area contributed by atoms with E-state index in [4.69, 9.17) is 9.47 Å². The van der Waals surface area contributed by atoms with Crippen LogP contribution in [0.3, 0.4) is 0 Å². The monoisotopic (exact) mass is 532 g/mol. The van der Waals surface area contributed by atoms with Crippen molar-refractivity contribution in [3.63, 3.8) is 0 Å². The summed E-state index contributed by atoms with van der Waals surface area (Å²) in [5.41, 5.74) is 1.21. The van der Waals surface area contributed by atoms with Crippen LogP contribution < -0.4 is 20.1 Å². The van der Waals surface area contributed by atoms with Crippen LogP contribution in [-0.2, 0) is 11.2 Å². The number of guanidine groups is 1. The molecule has 1 aliphatic rings. The molecule has 2 N–H and O–H groups in total. The fourth-order valence-electron chi connectivity index (χ4n) is 3.35. The largest absolute Gasteiger partial charge is 0.493 e. The first-order chi connectivity index (χ1) is 14.0. The molecule has 1 amide bonds. The van der Waals surface area contributed by atoms with Gasteiger partial charge in [0.1, 0.15) is 6.54 Å². The van der Waals surface area contributed by atoms with Crippen LogP contribution in [-0.4, -0.2) is 63.7 Å². The Morgan fingerprint density at radius 3 is 2.60 bits per heavy atom. The van der Waals surface area contributed by atoms with Gasteiger partial charge in [0, 0.05) is 26.7 Å². The molecule has 0 saturated heterocycles. The van der Waals surface area contributed by atoms with Crippen molar-refractivity contribution in [2.45, 2.75) is 51.5 Å². The molecule has 170 valence electrons. The minimum Gasteiger partial charge on any atom is -0.493 e. The van der Waals surface area contributed by atoms with Crippen LogP contribution in [0.1, 0.15) is 44.6 Å². The number of methoxy groups -OCH3 is 1. The highest BCUT2D eigenvalue weighted by Gasteiger charge is 2.16. The van der Waals surface area contributed by atoms with Crippen molar-refractivity contribution < 1.29 is 14.3 Å². The lowest BCUT2D eigenvalue weighted by Gasteiger charge is -2.18. The Morgan fingerprint density at radius 2 is 1.97 bits per heavy atom. The van der Waals surface area contributed by atoms with Crippen LogP contribution in [0.4, 0.5) is 0 Å². The van der Waals surface area contributed by atoms with E-state index >= 15 is 0 Å². The van der Waals surface area contributed by atoms with E-state index in [1.54, 1.807) is 26.1 Å². The van der Waals surface area contributed by atoms with Crippen molar-refractivity contribution in [3.8, 4) is 11.5 Å². The van der Waals surface area contributed by atoms with Crippen molar-refractivity contribution in [1.29, 1.82) is 0 Å². The van der Waals surface area contributed by atoms with Crippen LogP contribution in [0, 0.1) is 0 Å². The molecule has 0 aliphatic heterocycles.